The number of fused-ring (bicyclic) bond motifs is 2. The van der Waals surface area contributed by atoms with Gasteiger partial charge >= 0.3 is 0 Å². The Morgan fingerprint density at radius 2 is 2.17 bits per heavy atom. The van der Waals surface area contributed by atoms with Crippen molar-refractivity contribution in [3.05, 3.63) is 45.1 Å². The number of H-pyrrole nitrogens is 1. The monoisotopic (exact) mass is 410 g/mol. The molecule has 1 fully saturated rings. The zero-order valence-corrected chi connectivity index (χ0v) is 17.6. The first-order valence-corrected chi connectivity index (χ1v) is 11.0. The van der Waals surface area contributed by atoms with Crippen LogP contribution in [0.3, 0.4) is 0 Å². The topological polar surface area (TPSA) is 88.5 Å². The van der Waals surface area contributed by atoms with E-state index in [1.807, 2.05) is 18.2 Å². The van der Waals surface area contributed by atoms with Gasteiger partial charge in [-0.05, 0) is 43.9 Å². The average molecular weight is 411 g/mol. The van der Waals surface area contributed by atoms with Crippen molar-refractivity contribution in [2.24, 2.45) is 4.99 Å². The molecule has 1 atom stereocenters. The van der Waals surface area contributed by atoms with Crippen molar-refractivity contribution in [3.63, 3.8) is 0 Å². The maximum atomic E-state index is 12.3. The van der Waals surface area contributed by atoms with Crippen LogP contribution in [0.1, 0.15) is 63.9 Å². The van der Waals surface area contributed by atoms with E-state index in [-0.39, 0.29) is 17.6 Å². The molecule has 1 saturated carbocycles. The van der Waals surface area contributed by atoms with Crippen molar-refractivity contribution in [2.45, 2.75) is 77.0 Å². The van der Waals surface area contributed by atoms with E-state index in [0.29, 0.717) is 36.4 Å². The zero-order valence-electron chi connectivity index (χ0n) is 17.6. The molecule has 4 rings (SSSR count). The molecule has 160 valence electrons. The quantitative estimate of drug-likeness (QED) is 0.626. The first kappa shape index (κ1) is 20.4. The Morgan fingerprint density at radius 3 is 2.93 bits per heavy atom. The second kappa shape index (κ2) is 8.90. The van der Waals surface area contributed by atoms with E-state index in [0.717, 1.165) is 36.3 Å². The number of carbonyl (C=O) groups is 1. The fourth-order valence-corrected chi connectivity index (χ4v) is 4.28. The normalized spacial score (nSPS) is 16.8. The number of aromatic amines is 1. The van der Waals surface area contributed by atoms with Crippen molar-refractivity contribution in [2.75, 3.05) is 0 Å². The molecule has 1 aromatic heterocycles. The number of nitrogens with one attached hydrogen (secondary N) is 2. The first-order chi connectivity index (χ1) is 14.5. The molecule has 2 N–H and O–H groups in total. The lowest BCUT2D eigenvalue weighted by Gasteiger charge is -2.23. The summed E-state index contributed by atoms with van der Waals surface area (Å²) < 4.78 is 7.96. The van der Waals surface area contributed by atoms with E-state index in [4.69, 9.17) is 4.74 Å². The van der Waals surface area contributed by atoms with Crippen molar-refractivity contribution >= 4 is 18.2 Å². The zero-order chi connectivity index (χ0) is 21.1. The van der Waals surface area contributed by atoms with Gasteiger partial charge in [-0.25, -0.2) is 4.99 Å². The van der Waals surface area contributed by atoms with Crippen LogP contribution in [-0.2, 0) is 11.3 Å². The Hall–Kier alpha value is -2.83. The molecule has 1 aliphatic carbocycles. The molecule has 7 nitrogen and oxygen atoms in total. The number of hydrogen-bond acceptors (Lipinski definition) is 4. The molecule has 0 bridgehead atoms. The molecular weight excluding hydrogens is 380 g/mol. The van der Waals surface area contributed by atoms with E-state index in [2.05, 4.69) is 28.8 Å². The van der Waals surface area contributed by atoms with Crippen LogP contribution in [0.15, 0.2) is 28.0 Å². The second-order valence-electron chi connectivity index (χ2n) is 8.30. The fourth-order valence-electron chi connectivity index (χ4n) is 4.28. The molecule has 1 unspecified atom stereocenters. The summed E-state index contributed by atoms with van der Waals surface area (Å²) in [7, 11) is 0. The second-order valence-corrected chi connectivity index (χ2v) is 8.30. The molecule has 1 aromatic carbocycles. The van der Waals surface area contributed by atoms with Gasteiger partial charge < -0.3 is 14.6 Å². The molecule has 30 heavy (non-hydrogen) atoms. The third-order valence-corrected chi connectivity index (χ3v) is 6.10. The average Bonchev–Trinajstić information content (AvgIpc) is 3.03. The number of nitrogens with zero attached hydrogens (tertiary/aromatic N) is 2. The molecule has 2 aromatic rings. The first-order valence-electron chi connectivity index (χ1n) is 11.0. The van der Waals surface area contributed by atoms with E-state index in [1.54, 1.807) is 4.57 Å². The molecule has 0 saturated heterocycles. The molecule has 0 radical (unpaired) electrons. The van der Waals surface area contributed by atoms with Crippen molar-refractivity contribution in [1.29, 1.82) is 0 Å². The number of amides is 1. The number of carbonyl (C=O) groups excluding carboxylic acids is 1. The van der Waals surface area contributed by atoms with Crippen LogP contribution in [0.2, 0.25) is 0 Å². The summed E-state index contributed by atoms with van der Waals surface area (Å²) in [4.78, 5) is 31.3. The standard InChI is InChI=1S/C23H30N4O3/c1-3-18(10-12-21(28)24-17-7-5-4-6-8-17)30-19-9-11-20-16(13-19)14-27-15(2)22(29)26-23(27)25-20/h9,11,13,17-18H,2-8,10,12,14H2,1H3,(H,24,28)(H,25,26,29). The van der Waals surface area contributed by atoms with E-state index < -0.39 is 0 Å². The Kier molecular flexibility index (Phi) is 6.06. The Balaban J connectivity index is 1.36. The summed E-state index contributed by atoms with van der Waals surface area (Å²) in [5.41, 5.74) is 2.12. The van der Waals surface area contributed by atoms with Gasteiger partial charge in [-0.3, -0.25) is 14.6 Å². The minimum atomic E-state index is -0.212. The number of ether oxygens (including phenoxy) is 1. The summed E-state index contributed by atoms with van der Waals surface area (Å²) in [5.74, 6) is 0.886. The Labute approximate surface area is 175 Å². The molecule has 7 heteroatoms. The van der Waals surface area contributed by atoms with Crippen LogP contribution in [0, 0.1) is 0 Å². The predicted octanol–water partition coefficient (Wildman–Crippen LogP) is 2.29. The number of benzene rings is 1. The summed E-state index contributed by atoms with van der Waals surface area (Å²) in [5, 5.41) is 3.58. The van der Waals surface area contributed by atoms with Crippen LogP contribution in [0.25, 0.3) is 6.58 Å². The van der Waals surface area contributed by atoms with Gasteiger partial charge in [0.2, 0.25) is 11.5 Å². The molecule has 0 spiro atoms. The third kappa shape index (κ3) is 4.50. The maximum absolute atomic E-state index is 12.3. The van der Waals surface area contributed by atoms with Gasteiger partial charge in [-0.15, -0.1) is 0 Å². The van der Waals surface area contributed by atoms with E-state index >= 15 is 0 Å². The van der Waals surface area contributed by atoms with E-state index in [9.17, 15) is 9.59 Å². The highest BCUT2D eigenvalue weighted by Gasteiger charge is 2.18. The van der Waals surface area contributed by atoms with Gasteiger partial charge in [0.1, 0.15) is 11.1 Å². The van der Waals surface area contributed by atoms with Crippen molar-refractivity contribution in [3.8, 4) is 5.75 Å². The summed E-state index contributed by atoms with van der Waals surface area (Å²) >= 11 is 0. The molecule has 1 aliphatic heterocycles. The molecule has 2 heterocycles. The van der Waals surface area contributed by atoms with Crippen molar-refractivity contribution < 1.29 is 9.53 Å². The van der Waals surface area contributed by atoms with E-state index in [1.165, 1.54) is 19.3 Å². The van der Waals surface area contributed by atoms with Crippen LogP contribution >= 0.6 is 0 Å². The Bertz CT molecular complexity index is 1080. The highest BCUT2D eigenvalue weighted by Crippen LogP contribution is 2.27. The van der Waals surface area contributed by atoms with Crippen molar-refractivity contribution in [1.82, 2.24) is 14.9 Å². The highest BCUT2D eigenvalue weighted by molar-refractivity contribution is 5.76. The smallest absolute Gasteiger partial charge is 0.274 e. The fraction of sp³-hybridized carbons (Fsp3) is 0.522. The molecular formula is C23H30N4O3. The third-order valence-electron chi connectivity index (χ3n) is 6.10. The summed E-state index contributed by atoms with van der Waals surface area (Å²) in [6.07, 6.45) is 7.89. The Morgan fingerprint density at radius 1 is 1.37 bits per heavy atom. The number of imidazole rings is 1. The van der Waals surface area contributed by atoms with Gasteiger partial charge in [-0.2, -0.15) is 0 Å². The van der Waals surface area contributed by atoms with Gasteiger partial charge in [0.05, 0.1) is 18.3 Å². The minimum absolute atomic E-state index is 0.0206. The summed E-state index contributed by atoms with van der Waals surface area (Å²) in [6, 6.07) is 6.12. The number of hydrogen-bond donors (Lipinski definition) is 2. The van der Waals surface area contributed by atoms with Gasteiger partial charge in [0.25, 0.3) is 5.56 Å². The lowest BCUT2D eigenvalue weighted by atomic mass is 9.95. The van der Waals surface area contributed by atoms with Crippen LogP contribution in [0.5, 0.6) is 5.75 Å². The van der Waals surface area contributed by atoms with Crippen LogP contribution < -0.4 is 26.6 Å². The lowest BCUT2D eigenvalue weighted by Crippen LogP contribution is -2.36. The predicted molar refractivity (Wildman–Crippen MR) is 116 cm³/mol. The summed E-state index contributed by atoms with van der Waals surface area (Å²) in [6.45, 7) is 6.43. The molecule has 1 amide bonds. The SMILES string of the molecule is C=c1c(=O)[nH]c2n1Cc1cc(OC(CC)CCC(=O)NC3CCCCC3)ccc1N=2. The highest BCUT2D eigenvalue weighted by atomic mass is 16.5. The van der Waals surface area contributed by atoms with Gasteiger partial charge in [0.15, 0.2) is 0 Å². The lowest BCUT2D eigenvalue weighted by molar-refractivity contribution is -0.122. The number of aromatic nitrogens is 2. The largest absolute Gasteiger partial charge is 0.490 e. The maximum Gasteiger partial charge on any atom is 0.274 e. The van der Waals surface area contributed by atoms with Crippen LogP contribution in [0.4, 0.5) is 5.69 Å². The van der Waals surface area contributed by atoms with Gasteiger partial charge in [0, 0.05) is 18.0 Å². The minimum Gasteiger partial charge on any atom is -0.490 e. The van der Waals surface area contributed by atoms with Crippen LogP contribution in [-0.4, -0.2) is 27.6 Å². The number of rotatable bonds is 7. The molecule has 2 aliphatic rings. The van der Waals surface area contributed by atoms with Gasteiger partial charge in [-0.1, -0.05) is 32.8 Å².